The summed E-state index contributed by atoms with van der Waals surface area (Å²) in [4.78, 5) is 2.44. The van der Waals surface area contributed by atoms with E-state index in [2.05, 4.69) is 37.1 Å². The van der Waals surface area contributed by atoms with Crippen LogP contribution in [0.2, 0.25) is 0 Å². The van der Waals surface area contributed by atoms with Crippen LogP contribution < -0.4 is 10.1 Å². The number of piperidine rings is 1. The zero-order valence-corrected chi connectivity index (χ0v) is 14.2. The second-order valence-electron chi connectivity index (χ2n) is 6.71. The molecule has 0 atom stereocenters. The van der Waals surface area contributed by atoms with Gasteiger partial charge in [0.1, 0.15) is 17.4 Å². The van der Waals surface area contributed by atoms with Crippen LogP contribution in [0.4, 0.5) is 0 Å². The average Bonchev–Trinajstić information content (AvgIpc) is 3.06. The van der Waals surface area contributed by atoms with Gasteiger partial charge in [-0.3, -0.25) is 4.90 Å². The maximum Gasteiger partial charge on any atom is 0.147 e. The molecule has 6 nitrogen and oxygen atoms in total. The molecule has 0 saturated carbocycles. The van der Waals surface area contributed by atoms with E-state index in [4.69, 9.17) is 4.74 Å². The molecule has 1 fully saturated rings. The van der Waals surface area contributed by atoms with Crippen LogP contribution >= 0.6 is 0 Å². The van der Waals surface area contributed by atoms with Crippen LogP contribution in [0.3, 0.4) is 0 Å². The number of benzene rings is 1. The average molecular weight is 327 g/mol. The zero-order valence-electron chi connectivity index (χ0n) is 14.2. The fraction of sp³-hybridized carbons (Fsp3) is 0.556. The summed E-state index contributed by atoms with van der Waals surface area (Å²) in [6, 6.07) is 8.32. The third-order valence-electron chi connectivity index (χ3n) is 5.13. The van der Waals surface area contributed by atoms with Gasteiger partial charge in [-0.1, -0.05) is 12.1 Å². The van der Waals surface area contributed by atoms with Crippen molar-refractivity contribution < 1.29 is 4.74 Å². The predicted molar refractivity (Wildman–Crippen MR) is 92.0 cm³/mol. The van der Waals surface area contributed by atoms with Crippen molar-refractivity contribution in [3.63, 3.8) is 0 Å². The van der Waals surface area contributed by atoms with Crippen LogP contribution in [0, 0.1) is 0 Å². The molecule has 6 heteroatoms. The summed E-state index contributed by atoms with van der Waals surface area (Å²) >= 11 is 0. The Morgan fingerprint density at radius 2 is 1.92 bits per heavy atom. The van der Waals surface area contributed by atoms with E-state index in [0.29, 0.717) is 5.92 Å². The normalized spacial score (nSPS) is 19.2. The quantitative estimate of drug-likeness (QED) is 0.927. The summed E-state index contributed by atoms with van der Waals surface area (Å²) in [6.07, 6.45) is 2.35. The number of nitrogens with one attached hydrogen (secondary N) is 1. The lowest BCUT2D eigenvalue weighted by Gasteiger charge is -2.29. The van der Waals surface area contributed by atoms with Crippen molar-refractivity contribution in [1.29, 1.82) is 0 Å². The van der Waals surface area contributed by atoms with Gasteiger partial charge in [-0.2, -0.15) is 0 Å². The minimum Gasteiger partial charge on any atom is -0.497 e. The molecular weight excluding hydrogens is 302 g/mol. The number of nitrogens with zero attached hydrogens (tertiary/aromatic N) is 4. The highest BCUT2D eigenvalue weighted by Crippen LogP contribution is 2.26. The summed E-state index contributed by atoms with van der Waals surface area (Å²) in [5.41, 5.74) is 1.31. The van der Waals surface area contributed by atoms with Crippen molar-refractivity contribution in [1.82, 2.24) is 25.0 Å². The minimum absolute atomic E-state index is 0.570. The van der Waals surface area contributed by atoms with E-state index in [1.807, 2.05) is 12.1 Å². The van der Waals surface area contributed by atoms with E-state index < -0.39 is 0 Å². The predicted octanol–water partition coefficient (Wildman–Crippen LogP) is 1.77. The molecule has 24 heavy (non-hydrogen) atoms. The Labute approximate surface area is 142 Å². The smallest absolute Gasteiger partial charge is 0.147 e. The second-order valence-corrected chi connectivity index (χ2v) is 6.71. The zero-order chi connectivity index (χ0) is 16.4. The lowest BCUT2D eigenvalue weighted by Crippen LogP contribution is -2.35. The summed E-state index contributed by atoms with van der Waals surface area (Å²) in [7, 11) is 1.70. The van der Waals surface area contributed by atoms with Crippen LogP contribution in [0.15, 0.2) is 24.3 Å². The van der Waals surface area contributed by atoms with Gasteiger partial charge in [-0.25, -0.2) is 0 Å². The van der Waals surface area contributed by atoms with Gasteiger partial charge in [-0.05, 0) is 43.6 Å². The van der Waals surface area contributed by atoms with Gasteiger partial charge in [0, 0.05) is 25.6 Å². The molecule has 1 aromatic carbocycles. The van der Waals surface area contributed by atoms with Crippen molar-refractivity contribution in [2.45, 2.75) is 38.4 Å². The molecule has 3 heterocycles. The number of hydrogen-bond acceptors (Lipinski definition) is 5. The summed E-state index contributed by atoms with van der Waals surface area (Å²) in [6.45, 7) is 6.06. The van der Waals surface area contributed by atoms with Crippen LogP contribution in [0.1, 0.15) is 36.0 Å². The van der Waals surface area contributed by atoms with E-state index in [0.717, 1.165) is 50.8 Å². The maximum absolute atomic E-state index is 5.23. The van der Waals surface area contributed by atoms with Crippen LogP contribution in [-0.4, -0.2) is 46.4 Å². The molecule has 0 spiro atoms. The molecule has 4 rings (SSSR count). The van der Waals surface area contributed by atoms with Gasteiger partial charge in [0.25, 0.3) is 0 Å². The molecule has 1 saturated heterocycles. The highest BCUT2D eigenvalue weighted by molar-refractivity contribution is 5.27. The molecule has 1 aromatic heterocycles. The van der Waals surface area contributed by atoms with Gasteiger partial charge in [0.05, 0.1) is 13.7 Å². The Hall–Kier alpha value is -1.92. The number of hydrogen-bond donors (Lipinski definition) is 1. The third kappa shape index (κ3) is 3.16. The maximum atomic E-state index is 5.23. The number of methoxy groups -OCH3 is 1. The molecule has 0 unspecified atom stereocenters. The Kier molecular flexibility index (Phi) is 4.49. The molecule has 128 valence electrons. The first-order valence-corrected chi connectivity index (χ1v) is 8.81. The number of fused-ring (bicyclic) bond motifs is 1. The second kappa shape index (κ2) is 6.91. The number of rotatable bonds is 4. The molecule has 0 amide bonds. The highest BCUT2D eigenvalue weighted by Gasteiger charge is 2.26. The molecule has 1 N–H and O–H groups in total. The first-order valence-electron chi connectivity index (χ1n) is 8.81. The van der Waals surface area contributed by atoms with Crippen molar-refractivity contribution in [3.05, 3.63) is 41.5 Å². The van der Waals surface area contributed by atoms with Crippen molar-refractivity contribution in [2.75, 3.05) is 26.7 Å². The monoisotopic (exact) mass is 327 g/mol. The number of aromatic nitrogens is 3. The number of ether oxygens (including phenoxy) is 1. The van der Waals surface area contributed by atoms with Gasteiger partial charge in [0.15, 0.2) is 0 Å². The van der Waals surface area contributed by atoms with Gasteiger partial charge in [-0.15, -0.1) is 10.2 Å². The Bertz CT molecular complexity index is 675. The van der Waals surface area contributed by atoms with E-state index in [-0.39, 0.29) is 0 Å². The van der Waals surface area contributed by atoms with E-state index in [1.54, 1.807) is 7.11 Å². The summed E-state index contributed by atoms with van der Waals surface area (Å²) in [5, 5.41) is 12.4. The molecule has 0 radical (unpaired) electrons. The molecule has 0 aliphatic carbocycles. The van der Waals surface area contributed by atoms with E-state index in [1.165, 1.54) is 24.2 Å². The largest absolute Gasteiger partial charge is 0.497 e. The highest BCUT2D eigenvalue weighted by atomic mass is 16.5. The van der Waals surface area contributed by atoms with Crippen LogP contribution in [0.5, 0.6) is 5.75 Å². The first-order chi connectivity index (χ1) is 11.8. The first kappa shape index (κ1) is 15.6. The van der Waals surface area contributed by atoms with Gasteiger partial charge < -0.3 is 14.6 Å². The van der Waals surface area contributed by atoms with Gasteiger partial charge in [0.2, 0.25) is 0 Å². The lowest BCUT2D eigenvalue weighted by atomic mass is 9.97. The van der Waals surface area contributed by atoms with Crippen molar-refractivity contribution in [2.24, 2.45) is 0 Å². The fourth-order valence-electron chi connectivity index (χ4n) is 3.74. The van der Waals surface area contributed by atoms with Crippen molar-refractivity contribution in [3.8, 4) is 5.75 Å². The van der Waals surface area contributed by atoms with E-state index >= 15 is 0 Å². The SMILES string of the molecule is COc1ccc(CN2CCn3c(nnc3C3CCNCC3)C2)cc1. The lowest BCUT2D eigenvalue weighted by molar-refractivity contribution is 0.205. The minimum atomic E-state index is 0.570. The summed E-state index contributed by atoms with van der Waals surface area (Å²) < 4.78 is 7.59. The Morgan fingerprint density at radius 1 is 1.12 bits per heavy atom. The molecule has 2 aliphatic rings. The standard InChI is InChI=1S/C18H25N5O/c1-24-16-4-2-14(3-5-16)12-22-10-11-23-17(13-22)20-21-18(23)15-6-8-19-9-7-15/h2-5,15,19H,6-13H2,1H3. The topological polar surface area (TPSA) is 55.2 Å². The molecular formula is C18H25N5O. The van der Waals surface area contributed by atoms with Crippen LogP contribution in [0.25, 0.3) is 0 Å². The van der Waals surface area contributed by atoms with Crippen molar-refractivity contribution >= 4 is 0 Å². The molecule has 2 aromatic rings. The summed E-state index contributed by atoms with van der Waals surface area (Å²) in [5.74, 6) is 3.79. The fourth-order valence-corrected chi connectivity index (χ4v) is 3.74. The molecule has 2 aliphatic heterocycles. The van der Waals surface area contributed by atoms with Gasteiger partial charge >= 0.3 is 0 Å². The Balaban J connectivity index is 1.43. The van der Waals surface area contributed by atoms with Crippen LogP contribution in [-0.2, 0) is 19.6 Å². The third-order valence-corrected chi connectivity index (χ3v) is 5.13. The Morgan fingerprint density at radius 3 is 2.67 bits per heavy atom. The van der Waals surface area contributed by atoms with E-state index in [9.17, 15) is 0 Å². The molecule has 0 bridgehead atoms.